The van der Waals surface area contributed by atoms with Crippen LogP contribution < -0.4 is 0 Å². The van der Waals surface area contributed by atoms with E-state index in [1.54, 1.807) is 32.6 Å². The maximum absolute atomic E-state index is 13.3. The van der Waals surface area contributed by atoms with Crippen LogP contribution in [0.2, 0.25) is 0 Å². The fourth-order valence-corrected chi connectivity index (χ4v) is 7.06. The molecule has 0 aliphatic rings. The second-order valence-corrected chi connectivity index (χ2v) is 13.3. The Balaban J connectivity index is 1.24. The van der Waals surface area contributed by atoms with E-state index in [4.69, 9.17) is 14.7 Å². The standard InChI is InChI=1S/C43H40N6O4/c1-42(2,51)39-38(44-37(29-52-4)48(39)3)41(50)53-28-30-24-26-31(27-25-30)35-22-14-15-23-36(35)40-45-46-47-49(40)43(32-16-8-5-9-17-32,33-18-10-6-11-19-33)34-20-12-7-13-21-34/h5-27,51H,28-29H2,1-4H3. The molecule has 53 heavy (non-hydrogen) atoms. The first kappa shape index (κ1) is 35.2. The third kappa shape index (κ3) is 6.66. The van der Waals surface area contributed by atoms with Gasteiger partial charge in [0.1, 0.15) is 30.2 Å². The zero-order valence-electron chi connectivity index (χ0n) is 30.0. The highest BCUT2D eigenvalue weighted by Gasteiger charge is 2.42. The minimum atomic E-state index is -1.32. The number of aromatic nitrogens is 6. The third-order valence-corrected chi connectivity index (χ3v) is 9.40. The van der Waals surface area contributed by atoms with Crippen molar-refractivity contribution in [2.24, 2.45) is 7.05 Å². The van der Waals surface area contributed by atoms with E-state index in [2.05, 4.69) is 57.8 Å². The van der Waals surface area contributed by atoms with Gasteiger partial charge in [0.2, 0.25) is 0 Å². The zero-order valence-corrected chi connectivity index (χ0v) is 30.0. The van der Waals surface area contributed by atoms with E-state index in [9.17, 15) is 9.90 Å². The zero-order chi connectivity index (χ0) is 37.0. The molecular weight excluding hydrogens is 665 g/mol. The van der Waals surface area contributed by atoms with Crippen molar-refractivity contribution in [3.63, 3.8) is 0 Å². The Morgan fingerprint density at radius 2 is 1.25 bits per heavy atom. The number of imidazole rings is 1. The molecule has 7 rings (SSSR count). The van der Waals surface area contributed by atoms with Gasteiger partial charge in [-0.15, -0.1) is 5.10 Å². The van der Waals surface area contributed by atoms with E-state index in [0.29, 0.717) is 17.3 Å². The van der Waals surface area contributed by atoms with Crippen LogP contribution >= 0.6 is 0 Å². The lowest BCUT2D eigenvalue weighted by Gasteiger charge is -2.36. The van der Waals surface area contributed by atoms with Gasteiger partial charge in [0.05, 0.1) is 5.69 Å². The van der Waals surface area contributed by atoms with Crippen LogP contribution in [0.25, 0.3) is 22.5 Å². The Hall–Kier alpha value is -6.23. The normalized spacial score (nSPS) is 11.8. The summed E-state index contributed by atoms with van der Waals surface area (Å²) in [4.78, 5) is 17.7. The topological polar surface area (TPSA) is 117 Å². The van der Waals surface area contributed by atoms with Crippen molar-refractivity contribution in [1.82, 2.24) is 29.8 Å². The minimum absolute atomic E-state index is 0.0221. The molecule has 5 aromatic carbocycles. The van der Waals surface area contributed by atoms with E-state index < -0.39 is 17.1 Å². The van der Waals surface area contributed by atoms with Gasteiger partial charge >= 0.3 is 5.97 Å². The summed E-state index contributed by atoms with van der Waals surface area (Å²) in [5.74, 6) is 0.486. The third-order valence-electron chi connectivity index (χ3n) is 9.40. The van der Waals surface area contributed by atoms with Crippen molar-refractivity contribution in [3.8, 4) is 22.5 Å². The number of hydrogen-bond donors (Lipinski definition) is 1. The molecule has 0 fully saturated rings. The summed E-state index contributed by atoms with van der Waals surface area (Å²) in [6.45, 7) is 3.43. The highest BCUT2D eigenvalue weighted by Crippen LogP contribution is 2.43. The Bertz CT molecular complexity index is 2220. The molecule has 0 amide bonds. The lowest BCUT2D eigenvalue weighted by Crippen LogP contribution is -2.39. The Morgan fingerprint density at radius 1 is 0.717 bits per heavy atom. The number of carbonyl (C=O) groups excluding carboxylic acids is 1. The van der Waals surface area contributed by atoms with Gasteiger partial charge in [-0.3, -0.25) is 0 Å². The highest BCUT2D eigenvalue weighted by atomic mass is 16.5. The smallest absolute Gasteiger partial charge is 0.359 e. The first-order chi connectivity index (χ1) is 25.7. The second kappa shape index (κ2) is 14.8. The number of rotatable bonds is 12. The molecule has 0 saturated heterocycles. The summed E-state index contributed by atoms with van der Waals surface area (Å²) in [6, 6.07) is 46.8. The number of hydrogen-bond acceptors (Lipinski definition) is 8. The van der Waals surface area contributed by atoms with Crippen molar-refractivity contribution >= 4 is 5.97 Å². The molecule has 7 aromatic rings. The summed E-state index contributed by atoms with van der Waals surface area (Å²) >= 11 is 0. The van der Waals surface area contributed by atoms with Crippen LogP contribution in [0, 0.1) is 0 Å². The summed E-state index contributed by atoms with van der Waals surface area (Å²) < 4.78 is 14.5. The number of nitrogens with zero attached hydrogens (tertiary/aromatic N) is 6. The van der Waals surface area contributed by atoms with Crippen molar-refractivity contribution in [2.45, 2.75) is 38.2 Å². The molecule has 10 nitrogen and oxygen atoms in total. The molecule has 0 radical (unpaired) electrons. The number of tetrazole rings is 1. The fourth-order valence-electron chi connectivity index (χ4n) is 7.06. The SMILES string of the molecule is COCc1nc(C(=O)OCc2ccc(-c3ccccc3-c3nnnn3C(c3ccccc3)(c3ccccc3)c3ccccc3)cc2)c(C(C)(C)O)n1C. The van der Waals surface area contributed by atoms with Gasteiger partial charge in [-0.05, 0) is 57.7 Å². The molecule has 0 unspecified atom stereocenters. The van der Waals surface area contributed by atoms with Crippen LogP contribution in [0.15, 0.2) is 140 Å². The van der Waals surface area contributed by atoms with Gasteiger partial charge < -0.3 is 19.1 Å². The molecule has 0 spiro atoms. The number of methoxy groups -OCH3 is 1. The lowest BCUT2D eigenvalue weighted by atomic mass is 9.77. The van der Waals surface area contributed by atoms with Crippen molar-refractivity contribution in [2.75, 3.05) is 7.11 Å². The van der Waals surface area contributed by atoms with Gasteiger partial charge in [0, 0.05) is 19.7 Å². The quantitative estimate of drug-likeness (QED) is 0.104. The van der Waals surface area contributed by atoms with Gasteiger partial charge in [0.15, 0.2) is 11.5 Å². The van der Waals surface area contributed by atoms with E-state index in [-0.39, 0.29) is 18.9 Å². The predicted octanol–water partition coefficient (Wildman–Crippen LogP) is 7.31. The molecule has 266 valence electrons. The summed E-state index contributed by atoms with van der Waals surface area (Å²) in [5.41, 5.74) is 4.76. The Labute approximate surface area is 308 Å². The molecule has 0 aliphatic heterocycles. The first-order valence-electron chi connectivity index (χ1n) is 17.3. The number of carbonyl (C=O) groups is 1. The summed E-state index contributed by atoms with van der Waals surface area (Å²) in [7, 11) is 3.29. The predicted molar refractivity (Wildman–Crippen MR) is 202 cm³/mol. The van der Waals surface area contributed by atoms with Crippen LogP contribution in [-0.2, 0) is 40.9 Å². The number of esters is 1. The van der Waals surface area contributed by atoms with E-state index >= 15 is 0 Å². The molecule has 2 aromatic heterocycles. The van der Waals surface area contributed by atoms with Crippen LogP contribution in [0.1, 0.15) is 58.1 Å². The van der Waals surface area contributed by atoms with Crippen LogP contribution in [0.4, 0.5) is 0 Å². The van der Waals surface area contributed by atoms with Gasteiger partial charge in [-0.2, -0.15) is 0 Å². The molecule has 0 aliphatic carbocycles. The van der Waals surface area contributed by atoms with Gasteiger partial charge in [-0.1, -0.05) is 140 Å². The molecule has 0 atom stereocenters. The summed E-state index contributed by atoms with van der Waals surface area (Å²) in [5, 5.41) is 24.5. The molecule has 10 heteroatoms. The van der Waals surface area contributed by atoms with Gasteiger partial charge in [0.25, 0.3) is 0 Å². The van der Waals surface area contributed by atoms with E-state index in [0.717, 1.165) is 38.9 Å². The largest absolute Gasteiger partial charge is 0.456 e. The van der Waals surface area contributed by atoms with Crippen LogP contribution in [0.5, 0.6) is 0 Å². The fraction of sp³-hybridized carbons (Fsp3) is 0.186. The van der Waals surface area contributed by atoms with E-state index in [1.807, 2.05) is 102 Å². The lowest BCUT2D eigenvalue weighted by molar-refractivity contribution is 0.0422. The maximum atomic E-state index is 13.3. The molecular formula is C43H40N6O4. The van der Waals surface area contributed by atoms with Crippen LogP contribution in [0.3, 0.4) is 0 Å². The average Bonchev–Trinajstić information content (AvgIpc) is 3.81. The van der Waals surface area contributed by atoms with Gasteiger partial charge in [-0.25, -0.2) is 14.5 Å². The van der Waals surface area contributed by atoms with Crippen molar-refractivity contribution < 1.29 is 19.4 Å². The average molecular weight is 705 g/mol. The highest BCUT2D eigenvalue weighted by molar-refractivity contribution is 5.89. The minimum Gasteiger partial charge on any atom is -0.456 e. The van der Waals surface area contributed by atoms with Crippen molar-refractivity contribution in [3.05, 3.63) is 179 Å². The number of benzene rings is 5. The Kier molecular flexibility index (Phi) is 9.82. The Morgan fingerprint density at radius 3 is 1.77 bits per heavy atom. The maximum Gasteiger partial charge on any atom is 0.359 e. The first-order valence-corrected chi connectivity index (χ1v) is 17.3. The van der Waals surface area contributed by atoms with E-state index in [1.165, 1.54) is 0 Å². The molecule has 2 heterocycles. The van der Waals surface area contributed by atoms with Crippen LogP contribution in [-0.4, -0.2) is 47.9 Å². The molecule has 1 N–H and O–H groups in total. The monoisotopic (exact) mass is 704 g/mol. The molecule has 0 bridgehead atoms. The summed E-state index contributed by atoms with van der Waals surface area (Å²) in [6.07, 6.45) is 0. The van der Waals surface area contributed by atoms with Crippen molar-refractivity contribution in [1.29, 1.82) is 0 Å². The number of ether oxygens (including phenoxy) is 2. The second-order valence-electron chi connectivity index (χ2n) is 13.3. The number of aliphatic hydroxyl groups is 1. The molecule has 0 saturated carbocycles.